The Bertz CT molecular complexity index is 2540. The summed E-state index contributed by atoms with van der Waals surface area (Å²) in [4.78, 5) is 73.0. The third-order valence-corrected chi connectivity index (χ3v) is 18.2. The summed E-state index contributed by atoms with van der Waals surface area (Å²) < 4.78 is 68.6. The number of phosphoric acid groups is 2. The van der Waals surface area contributed by atoms with Gasteiger partial charge in [0.15, 0.2) is 12.2 Å². The largest absolute Gasteiger partial charge is 0.472 e. The van der Waals surface area contributed by atoms with E-state index in [1.807, 2.05) is 0 Å². The van der Waals surface area contributed by atoms with Crippen molar-refractivity contribution < 1.29 is 80.2 Å². The molecule has 0 aromatic heterocycles. The number of carbonyl (C=O) groups excluding carboxylic acids is 4. The highest BCUT2D eigenvalue weighted by atomic mass is 31.2. The molecular weight excluding hydrogens is 1350 g/mol. The number of ether oxygens (including phenoxy) is 4. The fourth-order valence-electron chi connectivity index (χ4n) is 10.3. The molecule has 104 heavy (non-hydrogen) atoms. The van der Waals surface area contributed by atoms with Crippen LogP contribution in [0.15, 0.2) is 146 Å². The highest BCUT2D eigenvalue weighted by molar-refractivity contribution is 7.47. The van der Waals surface area contributed by atoms with E-state index < -0.39 is 97.5 Å². The van der Waals surface area contributed by atoms with Crippen molar-refractivity contribution in [3.63, 3.8) is 0 Å². The number of esters is 4. The summed E-state index contributed by atoms with van der Waals surface area (Å²) in [7, 11) is -9.99. The lowest BCUT2D eigenvalue weighted by Gasteiger charge is -2.21. The minimum Gasteiger partial charge on any atom is -0.462 e. The molecule has 0 rings (SSSR count). The maximum absolute atomic E-state index is 13.1. The number of phosphoric ester groups is 2. The second-order valence-corrected chi connectivity index (χ2v) is 29.1. The van der Waals surface area contributed by atoms with Gasteiger partial charge >= 0.3 is 39.5 Å². The summed E-state index contributed by atoms with van der Waals surface area (Å²) in [5, 5.41) is 10.6. The first-order valence-electron chi connectivity index (χ1n) is 40.1. The van der Waals surface area contributed by atoms with Gasteiger partial charge in [0.25, 0.3) is 0 Å². The molecule has 0 bridgehead atoms. The van der Waals surface area contributed by atoms with Gasteiger partial charge in [-0.2, -0.15) is 0 Å². The quantitative estimate of drug-likeness (QED) is 0.0169. The Labute approximate surface area is 630 Å². The van der Waals surface area contributed by atoms with Gasteiger partial charge in [0.05, 0.1) is 26.4 Å². The van der Waals surface area contributed by atoms with Crippen LogP contribution in [0, 0.1) is 0 Å². The van der Waals surface area contributed by atoms with E-state index >= 15 is 0 Å². The van der Waals surface area contributed by atoms with Crippen LogP contribution in [0.25, 0.3) is 0 Å². The van der Waals surface area contributed by atoms with E-state index in [1.54, 1.807) is 0 Å². The number of hydrogen-bond acceptors (Lipinski definition) is 15. The van der Waals surface area contributed by atoms with Gasteiger partial charge in [0, 0.05) is 25.7 Å². The molecular formula is C85H142O17P2. The summed E-state index contributed by atoms with van der Waals surface area (Å²) >= 11 is 0. The molecule has 0 spiro atoms. The molecule has 17 nitrogen and oxygen atoms in total. The molecule has 0 saturated heterocycles. The Morgan fingerprint density at radius 1 is 0.279 bits per heavy atom. The number of aliphatic hydroxyl groups is 1. The molecule has 5 unspecified atom stereocenters. The standard InChI is InChI=1S/C85H142O17P2/c1-5-9-13-17-21-25-29-33-37-39-43-45-49-53-57-61-65-69-82(87)95-75-80(101-84(89)71-67-63-59-55-51-47-41-35-31-27-23-19-15-11-7-3)77-99-103(91,92)97-73-79(86)74-98-104(93,94)100-78-81(102-85(90)72-68-64-60-56-52-48-42-36-32-28-24-20-16-12-8-4)76-96-83(88)70-66-62-58-54-50-46-44-40-38-34-30-26-22-18-14-10-6-2/h9-11,13-15,21-23,25-27,33-38,41-42,44,46,51,55,79-81,86H,5-8,12,16-20,24,28-32,39-40,43,45,47-50,52-54,56-78H2,1-4H3,(H,91,92)(H,93,94)/b13-9-,14-10-,15-11-,25-21-,26-22-,27-23-,37-33-,38-34-,41-35-,42-36-,46-44-,55-51-. The number of allylic oxidation sites excluding steroid dienone is 24. The molecule has 19 heteroatoms. The number of aliphatic hydroxyl groups excluding tert-OH is 1. The van der Waals surface area contributed by atoms with Crippen molar-refractivity contribution in [1.29, 1.82) is 0 Å². The molecule has 0 saturated carbocycles. The topological polar surface area (TPSA) is 237 Å². The van der Waals surface area contributed by atoms with Crippen LogP contribution in [0.4, 0.5) is 0 Å². The molecule has 0 aliphatic heterocycles. The van der Waals surface area contributed by atoms with Crippen LogP contribution in [-0.4, -0.2) is 96.7 Å². The SMILES string of the molecule is CC/C=C\C/C=C\C/C=C\C/C=C\CCCCCCC(=O)OCC(COP(=O)(O)OCC(O)COP(=O)(O)OCC(COC(=O)CCCCCCCCC/C=C\C/C=C\C/C=C\CC)OC(=O)CCCC/C=C\C/C=C\C/C=C\C/C=C\CC)OC(=O)CCCCCCC/C=C\CCCCCCCC. The average molecular weight is 1500 g/mol. The van der Waals surface area contributed by atoms with E-state index in [9.17, 15) is 43.2 Å². The van der Waals surface area contributed by atoms with Gasteiger partial charge in [-0.3, -0.25) is 37.3 Å². The van der Waals surface area contributed by atoms with E-state index in [-0.39, 0.29) is 25.7 Å². The molecule has 0 aliphatic carbocycles. The van der Waals surface area contributed by atoms with E-state index in [0.717, 1.165) is 186 Å². The van der Waals surface area contributed by atoms with Gasteiger partial charge in [0.2, 0.25) is 0 Å². The Morgan fingerprint density at radius 2 is 0.500 bits per heavy atom. The third kappa shape index (κ3) is 75.2. The molecule has 594 valence electrons. The van der Waals surface area contributed by atoms with Gasteiger partial charge in [-0.05, 0) is 161 Å². The average Bonchev–Trinajstić information content (AvgIpc) is 0.937. The summed E-state index contributed by atoms with van der Waals surface area (Å²) in [5.74, 6) is -2.27. The Hall–Kier alpha value is -5.06. The lowest BCUT2D eigenvalue weighted by Crippen LogP contribution is -2.30. The van der Waals surface area contributed by atoms with Crippen LogP contribution in [0.2, 0.25) is 0 Å². The Balaban J connectivity index is 5.43. The van der Waals surface area contributed by atoms with Crippen LogP contribution in [-0.2, 0) is 65.4 Å². The van der Waals surface area contributed by atoms with Crippen LogP contribution in [0.3, 0.4) is 0 Å². The van der Waals surface area contributed by atoms with Crippen molar-refractivity contribution in [2.24, 2.45) is 0 Å². The van der Waals surface area contributed by atoms with Crippen LogP contribution in [0.5, 0.6) is 0 Å². The van der Waals surface area contributed by atoms with Crippen LogP contribution >= 0.6 is 15.6 Å². The number of unbranched alkanes of at least 4 members (excludes halogenated alkanes) is 24. The minimum atomic E-state index is -5.00. The van der Waals surface area contributed by atoms with Crippen molar-refractivity contribution in [2.45, 2.75) is 329 Å². The molecule has 3 N–H and O–H groups in total. The van der Waals surface area contributed by atoms with E-state index in [0.29, 0.717) is 32.1 Å². The first-order valence-corrected chi connectivity index (χ1v) is 43.1. The zero-order valence-corrected chi connectivity index (χ0v) is 66.7. The second kappa shape index (κ2) is 76.1. The van der Waals surface area contributed by atoms with E-state index in [2.05, 4.69) is 174 Å². The number of carbonyl (C=O) groups is 4. The molecule has 5 atom stereocenters. The van der Waals surface area contributed by atoms with Crippen molar-refractivity contribution in [1.82, 2.24) is 0 Å². The van der Waals surface area contributed by atoms with Crippen LogP contribution < -0.4 is 0 Å². The summed E-state index contributed by atoms with van der Waals surface area (Å²) in [6, 6.07) is 0. The lowest BCUT2D eigenvalue weighted by atomic mass is 10.1. The molecule has 0 radical (unpaired) electrons. The fraction of sp³-hybridized carbons (Fsp3) is 0.671. The van der Waals surface area contributed by atoms with Gasteiger partial charge in [-0.15, -0.1) is 0 Å². The highest BCUT2D eigenvalue weighted by Crippen LogP contribution is 2.45. The molecule has 0 fully saturated rings. The maximum atomic E-state index is 13.1. The first kappa shape index (κ1) is 98.9. The van der Waals surface area contributed by atoms with Crippen molar-refractivity contribution in [3.05, 3.63) is 146 Å². The second-order valence-electron chi connectivity index (χ2n) is 26.2. The Kier molecular flexibility index (Phi) is 72.4. The summed E-state index contributed by atoms with van der Waals surface area (Å²) in [5.41, 5.74) is 0. The maximum Gasteiger partial charge on any atom is 0.472 e. The predicted molar refractivity (Wildman–Crippen MR) is 427 cm³/mol. The van der Waals surface area contributed by atoms with Gasteiger partial charge in [-0.1, -0.05) is 270 Å². The zero-order valence-electron chi connectivity index (χ0n) is 64.9. The van der Waals surface area contributed by atoms with E-state index in [4.69, 9.17) is 37.0 Å². The monoisotopic (exact) mass is 1500 g/mol. The van der Waals surface area contributed by atoms with Gasteiger partial charge in [-0.25, -0.2) is 9.13 Å². The Morgan fingerprint density at radius 3 is 0.798 bits per heavy atom. The summed E-state index contributed by atoms with van der Waals surface area (Å²) in [6.07, 6.45) is 86.8. The number of rotatable bonds is 74. The predicted octanol–water partition coefficient (Wildman–Crippen LogP) is 23.4. The fourth-order valence-corrected chi connectivity index (χ4v) is 11.8. The molecule has 0 aromatic rings. The van der Waals surface area contributed by atoms with Crippen molar-refractivity contribution in [3.8, 4) is 0 Å². The molecule has 0 heterocycles. The number of hydrogen-bond donors (Lipinski definition) is 3. The van der Waals surface area contributed by atoms with E-state index in [1.165, 1.54) is 38.5 Å². The zero-order chi connectivity index (χ0) is 76.0. The first-order chi connectivity index (χ1) is 50.7. The molecule has 0 aliphatic rings. The molecule has 0 amide bonds. The molecule has 0 aromatic carbocycles. The minimum absolute atomic E-state index is 0.0360. The highest BCUT2D eigenvalue weighted by Gasteiger charge is 2.30. The third-order valence-electron chi connectivity index (χ3n) is 16.3. The normalized spacial score (nSPS) is 14.6. The van der Waals surface area contributed by atoms with Crippen molar-refractivity contribution in [2.75, 3.05) is 39.6 Å². The lowest BCUT2D eigenvalue weighted by molar-refractivity contribution is -0.161. The summed E-state index contributed by atoms with van der Waals surface area (Å²) in [6.45, 7) is 4.44. The smallest absolute Gasteiger partial charge is 0.462 e. The van der Waals surface area contributed by atoms with Crippen LogP contribution in [0.1, 0.15) is 310 Å². The van der Waals surface area contributed by atoms with Gasteiger partial charge in [0.1, 0.15) is 19.3 Å². The van der Waals surface area contributed by atoms with Crippen molar-refractivity contribution >= 4 is 39.5 Å². The van der Waals surface area contributed by atoms with Gasteiger partial charge < -0.3 is 33.8 Å².